The number of carbonyl (C=O) groups is 2. The fraction of sp³-hybridized carbons (Fsp3) is 0.867. The number of carboxylic acids is 1. The van der Waals surface area contributed by atoms with Gasteiger partial charge in [0.1, 0.15) is 0 Å². The molecule has 5 N–H and O–H groups in total. The lowest BCUT2D eigenvalue weighted by atomic mass is 9.78. The summed E-state index contributed by atoms with van der Waals surface area (Å²) < 4.78 is 0. The van der Waals surface area contributed by atoms with Gasteiger partial charge in [-0.25, -0.2) is 0 Å². The van der Waals surface area contributed by atoms with Gasteiger partial charge in [0.05, 0.1) is 11.5 Å². The van der Waals surface area contributed by atoms with E-state index >= 15 is 0 Å². The number of nitrogens with one attached hydrogen (secondary N) is 1. The van der Waals surface area contributed by atoms with Crippen LogP contribution in [0, 0.1) is 11.8 Å². The van der Waals surface area contributed by atoms with Crippen molar-refractivity contribution in [1.82, 2.24) is 5.32 Å². The monoisotopic (exact) mass is 298 g/mol. The van der Waals surface area contributed by atoms with E-state index in [1.165, 1.54) is 0 Å². The standard InChI is InChI=1S/C15H26N2O4/c16-13(18)10-1-3-12(4-2-10)17-9-15(21)7-5-11(6-8-15)14(19)20/h10-12,17,21H,1-9H2,(H2,16,18)(H,19,20). The van der Waals surface area contributed by atoms with Gasteiger partial charge in [0.15, 0.2) is 0 Å². The highest BCUT2D eigenvalue weighted by Gasteiger charge is 2.36. The van der Waals surface area contributed by atoms with Crippen LogP contribution in [0.15, 0.2) is 0 Å². The second-order valence-electron chi connectivity index (χ2n) is 6.67. The maximum absolute atomic E-state index is 11.1. The highest BCUT2D eigenvalue weighted by atomic mass is 16.4. The molecule has 0 aromatic rings. The van der Waals surface area contributed by atoms with Crippen molar-refractivity contribution in [3.8, 4) is 0 Å². The first-order valence-electron chi connectivity index (χ1n) is 7.87. The molecular formula is C15H26N2O4. The fourth-order valence-corrected chi connectivity index (χ4v) is 3.50. The zero-order chi connectivity index (χ0) is 15.5. The van der Waals surface area contributed by atoms with Crippen molar-refractivity contribution in [3.05, 3.63) is 0 Å². The van der Waals surface area contributed by atoms with Gasteiger partial charge in [0.2, 0.25) is 5.91 Å². The molecule has 0 saturated heterocycles. The predicted molar refractivity (Wildman–Crippen MR) is 77.5 cm³/mol. The van der Waals surface area contributed by atoms with Gasteiger partial charge in [-0.2, -0.15) is 0 Å². The third kappa shape index (κ3) is 4.41. The summed E-state index contributed by atoms with van der Waals surface area (Å²) in [6.45, 7) is 0.505. The van der Waals surface area contributed by atoms with E-state index in [0.717, 1.165) is 25.7 Å². The van der Waals surface area contributed by atoms with Crippen LogP contribution in [0.1, 0.15) is 51.4 Å². The molecule has 0 atom stereocenters. The number of nitrogens with two attached hydrogens (primary N) is 1. The Bertz CT molecular complexity index is 383. The average Bonchev–Trinajstić information content (AvgIpc) is 2.46. The highest BCUT2D eigenvalue weighted by Crippen LogP contribution is 2.32. The lowest BCUT2D eigenvalue weighted by molar-refractivity contribution is -0.144. The van der Waals surface area contributed by atoms with Gasteiger partial charge in [-0.15, -0.1) is 0 Å². The number of aliphatic carboxylic acids is 1. The number of hydrogen-bond acceptors (Lipinski definition) is 4. The van der Waals surface area contributed by atoms with Crippen molar-refractivity contribution in [3.63, 3.8) is 0 Å². The Morgan fingerprint density at radius 3 is 2.10 bits per heavy atom. The van der Waals surface area contributed by atoms with Crippen molar-refractivity contribution in [2.24, 2.45) is 17.6 Å². The number of carbonyl (C=O) groups excluding carboxylic acids is 1. The topological polar surface area (TPSA) is 113 Å². The molecule has 120 valence electrons. The maximum atomic E-state index is 11.1. The van der Waals surface area contributed by atoms with E-state index in [1.807, 2.05) is 0 Å². The molecule has 21 heavy (non-hydrogen) atoms. The summed E-state index contributed by atoms with van der Waals surface area (Å²) >= 11 is 0. The van der Waals surface area contributed by atoms with Gasteiger partial charge >= 0.3 is 5.97 Å². The highest BCUT2D eigenvalue weighted by molar-refractivity contribution is 5.76. The average molecular weight is 298 g/mol. The lowest BCUT2D eigenvalue weighted by Gasteiger charge is -2.37. The Hall–Kier alpha value is -1.14. The number of rotatable bonds is 5. The summed E-state index contributed by atoms with van der Waals surface area (Å²) in [6, 6.07) is 0.321. The van der Waals surface area contributed by atoms with Gasteiger partial charge in [-0.1, -0.05) is 0 Å². The summed E-state index contributed by atoms with van der Waals surface area (Å²) in [5.41, 5.74) is 4.53. The molecular weight excluding hydrogens is 272 g/mol. The molecule has 6 heteroatoms. The first kappa shape index (κ1) is 16.2. The van der Waals surface area contributed by atoms with Crippen LogP contribution in [0.4, 0.5) is 0 Å². The first-order chi connectivity index (χ1) is 9.89. The number of primary amides is 1. The van der Waals surface area contributed by atoms with Gasteiger partial charge in [-0.3, -0.25) is 9.59 Å². The molecule has 0 aliphatic heterocycles. The van der Waals surface area contributed by atoms with Crippen LogP contribution in [0.3, 0.4) is 0 Å². The van der Waals surface area contributed by atoms with Crippen LogP contribution in [0.25, 0.3) is 0 Å². The summed E-state index contributed by atoms with van der Waals surface area (Å²) in [5, 5.41) is 22.9. The molecule has 0 spiro atoms. The molecule has 2 aliphatic rings. The summed E-state index contributed by atoms with van der Waals surface area (Å²) in [4.78, 5) is 22.0. The minimum Gasteiger partial charge on any atom is -0.481 e. The van der Waals surface area contributed by atoms with Crippen LogP contribution in [0.2, 0.25) is 0 Å². The third-order valence-electron chi connectivity index (χ3n) is 5.11. The second-order valence-corrected chi connectivity index (χ2v) is 6.67. The normalized spacial score (nSPS) is 37.1. The van der Waals surface area contributed by atoms with Crippen molar-refractivity contribution >= 4 is 11.9 Å². The van der Waals surface area contributed by atoms with E-state index in [0.29, 0.717) is 38.3 Å². The van der Waals surface area contributed by atoms with Crippen LogP contribution in [-0.2, 0) is 9.59 Å². The molecule has 0 aromatic carbocycles. The molecule has 0 unspecified atom stereocenters. The van der Waals surface area contributed by atoms with E-state index in [1.54, 1.807) is 0 Å². The fourth-order valence-electron chi connectivity index (χ4n) is 3.50. The first-order valence-corrected chi connectivity index (χ1v) is 7.87. The number of carboxylic acid groups (broad SMARTS) is 1. The van der Waals surface area contributed by atoms with Crippen molar-refractivity contribution in [2.75, 3.05) is 6.54 Å². The van der Waals surface area contributed by atoms with Crippen molar-refractivity contribution in [1.29, 1.82) is 0 Å². The Morgan fingerprint density at radius 1 is 1.05 bits per heavy atom. The van der Waals surface area contributed by atoms with Crippen LogP contribution >= 0.6 is 0 Å². The second kappa shape index (κ2) is 6.75. The van der Waals surface area contributed by atoms with Crippen LogP contribution in [-0.4, -0.2) is 40.3 Å². The van der Waals surface area contributed by atoms with Crippen LogP contribution < -0.4 is 11.1 Å². The number of hydrogen-bond donors (Lipinski definition) is 4. The van der Waals surface area contributed by atoms with E-state index in [9.17, 15) is 14.7 Å². The molecule has 2 aliphatic carbocycles. The van der Waals surface area contributed by atoms with Crippen molar-refractivity contribution < 1.29 is 19.8 Å². The summed E-state index contributed by atoms with van der Waals surface area (Å²) in [6.07, 6.45) is 5.59. The maximum Gasteiger partial charge on any atom is 0.306 e. The molecule has 0 bridgehead atoms. The smallest absolute Gasteiger partial charge is 0.306 e. The van der Waals surface area contributed by atoms with Gasteiger partial charge in [-0.05, 0) is 51.4 Å². The summed E-state index contributed by atoms with van der Waals surface area (Å²) in [5.74, 6) is -1.28. The molecule has 1 amide bonds. The SMILES string of the molecule is NC(=O)C1CCC(NCC2(O)CCC(C(=O)O)CC2)CC1. The zero-order valence-electron chi connectivity index (χ0n) is 12.4. The Kier molecular flexibility index (Phi) is 5.22. The molecule has 2 fully saturated rings. The minimum atomic E-state index is -0.785. The van der Waals surface area contributed by atoms with E-state index < -0.39 is 11.6 Å². The van der Waals surface area contributed by atoms with E-state index in [2.05, 4.69) is 5.32 Å². The van der Waals surface area contributed by atoms with Gasteiger partial charge in [0.25, 0.3) is 0 Å². The summed E-state index contributed by atoms with van der Waals surface area (Å²) in [7, 11) is 0. The Labute approximate surface area is 125 Å². The van der Waals surface area contributed by atoms with E-state index in [-0.39, 0.29) is 17.7 Å². The predicted octanol–water partition coefficient (Wildman–Crippen LogP) is 0.626. The molecule has 2 saturated carbocycles. The van der Waals surface area contributed by atoms with Gasteiger partial charge < -0.3 is 21.3 Å². The van der Waals surface area contributed by atoms with Crippen LogP contribution in [0.5, 0.6) is 0 Å². The Balaban J connectivity index is 1.71. The zero-order valence-corrected chi connectivity index (χ0v) is 12.4. The lowest BCUT2D eigenvalue weighted by Crippen LogP contribution is -2.48. The molecule has 0 aromatic heterocycles. The Morgan fingerprint density at radius 2 is 1.62 bits per heavy atom. The van der Waals surface area contributed by atoms with Crippen molar-refractivity contribution in [2.45, 2.75) is 63.0 Å². The molecule has 2 rings (SSSR count). The van der Waals surface area contributed by atoms with E-state index in [4.69, 9.17) is 10.8 Å². The quantitative estimate of drug-likeness (QED) is 0.594. The largest absolute Gasteiger partial charge is 0.481 e. The minimum absolute atomic E-state index is 0.00265. The van der Waals surface area contributed by atoms with Gasteiger partial charge in [0, 0.05) is 18.5 Å². The number of amides is 1. The third-order valence-corrected chi connectivity index (χ3v) is 5.11. The molecule has 0 heterocycles. The molecule has 0 radical (unpaired) electrons. The number of aliphatic hydroxyl groups is 1. The molecule has 6 nitrogen and oxygen atoms in total.